The van der Waals surface area contributed by atoms with Crippen molar-refractivity contribution in [2.24, 2.45) is 4.99 Å². The van der Waals surface area contributed by atoms with Crippen LogP contribution in [-0.4, -0.2) is 22.9 Å². The number of carbonyl (C=O) groups is 1. The number of nitrogens with one attached hydrogen (secondary N) is 2. The van der Waals surface area contributed by atoms with E-state index in [1.807, 2.05) is 30.3 Å². The van der Waals surface area contributed by atoms with Crippen molar-refractivity contribution < 1.29 is 4.79 Å². The molecule has 1 heterocycles. The van der Waals surface area contributed by atoms with E-state index in [2.05, 4.69) is 57.5 Å². The lowest BCUT2D eigenvalue weighted by molar-refractivity contribution is -0.116. The molecule has 1 aliphatic heterocycles. The third kappa shape index (κ3) is 3.99. The minimum Gasteiger partial charge on any atom is -0.335 e. The second kappa shape index (κ2) is 7.40. The summed E-state index contributed by atoms with van der Waals surface area (Å²) in [6, 6.07) is 13.3. The number of para-hydroxylation sites is 1. The lowest BCUT2D eigenvalue weighted by Gasteiger charge is -2.11. The van der Waals surface area contributed by atoms with Gasteiger partial charge in [-0.3, -0.25) is 4.79 Å². The van der Waals surface area contributed by atoms with Gasteiger partial charge in [0, 0.05) is 21.6 Å². The van der Waals surface area contributed by atoms with Gasteiger partial charge in [-0.1, -0.05) is 45.9 Å². The summed E-state index contributed by atoms with van der Waals surface area (Å²) in [5.41, 5.74) is 4.18. The zero-order valence-electron chi connectivity index (χ0n) is 13.5. The zero-order valence-corrected chi connectivity index (χ0v) is 15.9. The number of hydrogen-bond acceptors (Lipinski definition) is 4. The molecule has 0 aliphatic carbocycles. The first-order valence-corrected chi connectivity index (χ1v) is 9.41. The van der Waals surface area contributed by atoms with Crippen molar-refractivity contribution in [1.29, 1.82) is 0 Å². The summed E-state index contributed by atoms with van der Waals surface area (Å²) in [6.45, 7) is 4.13. The van der Waals surface area contributed by atoms with Gasteiger partial charge in [-0.25, -0.2) is 4.99 Å². The molecule has 1 atom stereocenters. The summed E-state index contributed by atoms with van der Waals surface area (Å²) in [4.78, 5) is 16.9. The highest BCUT2D eigenvalue weighted by atomic mass is 79.9. The molecular weight excluding hydrogens is 386 g/mol. The first-order chi connectivity index (χ1) is 11.5. The van der Waals surface area contributed by atoms with Gasteiger partial charge in [0.05, 0.1) is 0 Å². The third-order valence-corrected chi connectivity index (χ3v) is 5.27. The van der Waals surface area contributed by atoms with Gasteiger partial charge in [0.2, 0.25) is 5.91 Å². The number of rotatable bonds is 3. The predicted octanol–water partition coefficient (Wildman–Crippen LogP) is 4.59. The lowest BCUT2D eigenvalue weighted by atomic mass is 10.1. The molecule has 0 bridgehead atoms. The van der Waals surface area contributed by atoms with Crippen LogP contribution in [0.25, 0.3) is 0 Å². The van der Waals surface area contributed by atoms with Crippen LogP contribution >= 0.6 is 27.7 Å². The van der Waals surface area contributed by atoms with Crippen LogP contribution in [-0.2, 0) is 4.79 Å². The molecule has 3 rings (SSSR count). The van der Waals surface area contributed by atoms with E-state index >= 15 is 0 Å². The first-order valence-electron chi connectivity index (χ1n) is 7.63. The smallest absolute Gasteiger partial charge is 0.250 e. The quantitative estimate of drug-likeness (QED) is 0.787. The number of aliphatic imine (C=N–C) groups is 1. The number of amides is 1. The largest absolute Gasteiger partial charge is 0.335 e. The summed E-state index contributed by atoms with van der Waals surface area (Å²) in [6.07, 6.45) is 0. The van der Waals surface area contributed by atoms with E-state index in [-0.39, 0.29) is 11.9 Å². The van der Waals surface area contributed by atoms with Crippen LogP contribution in [0.4, 0.5) is 11.4 Å². The number of aryl methyl sites for hydroxylation is 2. The Morgan fingerprint density at radius 2 is 1.83 bits per heavy atom. The van der Waals surface area contributed by atoms with Crippen LogP contribution in [0.5, 0.6) is 0 Å². The van der Waals surface area contributed by atoms with Gasteiger partial charge in [0.1, 0.15) is 6.04 Å². The molecule has 1 unspecified atom stereocenters. The molecule has 0 fully saturated rings. The average molecular weight is 404 g/mol. The predicted molar refractivity (Wildman–Crippen MR) is 106 cm³/mol. The number of halogens is 1. The summed E-state index contributed by atoms with van der Waals surface area (Å²) < 4.78 is 0.982. The van der Waals surface area contributed by atoms with Crippen LogP contribution in [0, 0.1) is 13.8 Å². The van der Waals surface area contributed by atoms with Crippen LogP contribution in [0.2, 0.25) is 0 Å². The Labute approximate surface area is 154 Å². The molecule has 124 valence electrons. The molecule has 2 aromatic rings. The minimum atomic E-state index is -0.370. The van der Waals surface area contributed by atoms with Crippen molar-refractivity contribution in [3.05, 3.63) is 58.1 Å². The summed E-state index contributed by atoms with van der Waals surface area (Å²) in [5, 5.41) is 7.07. The van der Waals surface area contributed by atoms with Crippen molar-refractivity contribution in [3.8, 4) is 0 Å². The fourth-order valence-electron chi connectivity index (χ4n) is 2.45. The topological polar surface area (TPSA) is 53.5 Å². The molecule has 2 N–H and O–H groups in total. The Balaban J connectivity index is 1.66. The Hall–Kier alpha value is -1.79. The third-order valence-electron chi connectivity index (χ3n) is 3.78. The van der Waals surface area contributed by atoms with E-state index in [9.17, 15) is 4.79 Å². The first kappa shape index (κ1) is 17.0. The maximum atomic E-state index is 12.4. The average Bonchev–Trinajstić information content (AvgIpc) is 3.02. The van der Waals surface area contributed by atoms with Crippen LogP contribution in [0.3, 0.4) is 0 Å². The molecule has 4 nitrogen and oxygen atoms in total. The molecule has 2 aromatic carbocycles. The van der Waals surface area contributed by atoms with Crippen molar-refractivity contribution in [2.75, 3.05) is 16.4 Å². The second-order valence-electron chi connectivity index (χ2n) is 5.65. The Bertz CT molecular complexity index is 769. The highest BCUT2D eigenvalue weighted by Crippen LogP contribution is 2.25. The van der Waals surface area contributed by atoms with E-state index in [0.717, 1.165) is 21.0 Å². The van der Waals surface area contributed by atoms with Gasteiger partial charge >= 0.3 is 0 Å². The lowest BCUT2D eigenvalue weighted by Crippen LogP contribution is -2.26. The van der Waals surface area contributed by atoms with E-state index in [4.69, 9.17) is 0 Å². The molecule has 0 spiro atoms. The van der Waals surface area contributed by atoms with Crippen molar-refractivity contribution in [2.45, 2.75) is 19.9 Å². The molecule has 24 heavy (non-hydrogen) atoms. The van der Waals surface area contributed by atoms with Crippen molar-refractivity contribution >= 4 is 50.1 Å². The molecule has 0 radical (unpaired) electrons. The van der Waals surface area contributed by atoms with E-state index < -0.39 is 0 Å². The number of amidine groups is 1. The molecule has 1 aliphatic rings. The standard InChI is InChI=1S/C18H18BrN3OS/c1-11-4-3-5-12(2)16(11)22-18-21-15(10-24-18)17(23)20-14-8-6-13(19)7-9-14/h3-9,15H,10H2,1-2H3,(H,20,23)(H,21,22). The molecule has 1 amide bonds. The van der Waals surface area contributed by atoms with E-state index in [0.29, 0.717) is 5.75 Å². The maximum absolute atomic E-state index is 12.4. The van der Waals surface area contributed by atoms with Crippen LogP contribution in [0.1, 0.15) is 11.1 Å². The number of hydrogen-bond donors (Lipinski definition) is 2. The number of benzene rings is 2. The second-order valence-corrected chi connectivity index (χ2v) is 7.57. The molecular formula is C18H18BrN3OS. The molecule has 0 aromatic heterocycles. The van der Waals surface area contributed by atoms with Gasteiger partial charge in [-0.2, -0.15) is 0 Å². The van der Waals surface area contributed by atoms with E-state index in [1.165, 1.54) is 11.1 Å². The fourth-order valence-corrected chi connectivity index (χ4v) is 3.64. The van der Waals surface area contributed by atoms with Crippen LogP contribution in [0.15, 0.2) is 51.9 Å². The highest BCUT2D eigenvalue weighted by Gasteiger charge is 2.25. The van der Waals surface area contributed by atoms with E-state index in [1.54, 1.807) is 11.8 Å². The molecule has 0 saturated carbocycles. The summed E-state index contributed by atoms with van der Waals surface area (Å²) >= 11 is 4.96. The summed E-state index contributed by atoms with van der Waals surface area (Å²) in [7, 11) is 0. The molecule has 0 saturated heterocycles. The summed E-state index contributed by atoms with van der Waals surface area (Å²) in [5.74, 6) is 0.568. The minimum absolute atomic E-state index is 0.0804. The van der Waals surface area contributed by atoms with Gasteiger partial charge < -0.3 is 10.6 Å². The Kier molecular flexibility index (Phi) is 5.26. The maximum Gasteiger partial charge on any atom is 0.250 e. The monoisotopic (exact) mass is 403 g/mol. The number of thioether (sulfide) groups is 1. The zero-order chi connectivity index (χ0) is 17.1. The highest BCUT2D eigenvalue weighted by molar-refractivity contribution is 9.10. The Morgan fingerprint density at radius 1 is 1.17 bits per heavy atom. The number of carbonyl (C=O) groups excluding carboxylic acids is 1. The number of anilines is 2. The van der Waals surface area contributed by atoms with Gasteiger partial charge in [0.15, 0.2) is 5.17 Å². The van der Waals surface area contributed by atoms with Crippen molar-refractivity contribution in [1.82, 2.24) is 0 Å². The van der Waals surface area contributed by atoms with Gasteiger partial charge in [-0.05, 0) is 49.2 Å². The SMILES string of the molecule is Cc1cccc(C)c1NC1=NC(C(=O)Nc2ccc(Br)cc2)CS1. The van der Waals surface area contributed by atoms with Crippen LogP contribution < -0.4 is 10.6 Å². The molecule has 6 heteroatoms. The van der Waals surface area contributed by atoms with Gasteiger partial charge in [-0.15, -0.1) is 0 Å². The van der Waals surface area contributed by atoms with Crippen molar-refractivity contribution in [3.63, 3.8) is 0 Å². The van der Waals surface area contributed by atoms with Gasteiger partial charge in [0.25, 0.3) is 0 Å². The number of nitrogens with zero attached hydrogens (tertiary/aromatic N) is 1. The normalized spacial score (nSPS) is 16.6. The Morgan fingerprint density at radius 3 is 2.50 bits per heavy atom. The fraction of sp³-hybridized carbons (Fsp3) is 0.222.